The normalized spacial score (nSPS) is 11.8. The van der Waals surface area contributed by atoms with Gasteiger partial charge in [0.05, 0.1) is 16.7 Å². The molecule has 1 aromatic carbocycles. The molecule has 0 bridgehead atoms. The maximum absolute atomic E-state index is 13.4. The fourth-order valence-corrected chi connectivity index (χ4v) is 2.39. The van der Waals surface area contributed by atoms with Gasteiger partial charge < -0.3 is 15.2 Å². The molecule has 2 rings (SSSR count). The summed E-state index contributed by atoms with van der Waals surface area (Å²) in [4.78, 5) is 23.7. The molecule has 0 saturated carbocycles. The van der Waals surface area contributed by atoms with Crippen molar-refractivity contribution in [3.8, 4) is 0 Å². The standard InChI is InChI=1S/C15H15F2N3O3S/c1-8-5-13(20-23-8)19-15(22)9(2)24-7-14(21)18-12-4-3-10(16)6-11(12)17/h3-6,9H,7H2,1-2H3,(H,18,21)(H,19,20,22)/t9-/m0/s1. The second-order valence-electron chi connectivity index (χ2n) is 4.94. The van der Waals surface area contributed by atoms with Gasteiger partial charge in [0, 0.05) is 12.1 Å². The van der Waals surface area contributed by atoms with E-state index in [2.05, 4.69) is 15.8 Å². The molecular formula is C15H15F2N3O3S. The smallest absolute Gasteiger partial charge is 0.238 e. The Morgan fingerprint density at radius 2 is 2.04 bits per heavy atom. The number of aromatic nitrogens is 1. The second-order valence-corrected chi connectivity index (χ2v) is 6.27. The number of carbonyl (C=O) groups is 2. The van der Waals surface area contributed by atoms with Gasteiger partial charge >= 0.3 is 0 Å². The molecule has 0 radical (unpaired) electrons. The monoisotopic (exact) mass is 355 g/mol. The zero-order valence-corrected chi connectivity index (χ0v) is 13.7. The largest absolute Gasteiger partial charge is 0.360 e. The lowest BCUT2D eigenvalue weighted by Gasteiger charge is -2.11. The second kappa shape index (κ2) is 7.91. The number of nitrogens with one attached hydrogen (secondary N) is 2. The average molecular weight is 355 g/mol. The predicted molar refractivity (Wildman–Crippen MR) is 86.8 cm³/mol. The summed E-state index contributed by atoms with van der Waals surface area (Å²) < 4.78 is 31.1. The molecule has 2 N–H and O–H groups in total. The van der Waals surface area contributed by atoms with Gasteiger partial charge in [-0.2, -0.15) is 0 Å². The summed E-state index contributed by atoms with van der Waals surface area (Å²) in [5.74, 6) is -1.64. The van der Waals surface area contributed by atoms with Gasteiger partial charge in [0.2, 0.25) is 11.8 Å². The number of aryl methyl sites for hydroxylation is 1. The van der Waals surface area contributed by atoms with Crippen LogP contribution < -0.4 is 10.6 Å². The van der Waals surface area contributed by atoms with E-state index in [9.17, 15) is 18.4 Å². The van der Waals surface area contributed by atoms with Crippen LogP contribution in [0.25, 0.3) is 0 Å². The highest BCUT2D eigenvalue weighted by atomic mass is 32.2. The molecule has 24 heavy (non-hydrogen) atoms. The van der Waals surface area contributed by atoms with Gasteiger partial charge in [0.1, 0.15) is 17.4 Å². The maximum atomic E-state index is 13.4. The minimum atomic E-state index is -0.861. The summed E-state index contributed by atoms with van der Waals surface area (Å²) in [5.41, 5.74) is -0.114. The number of benzene rings is 1. The predicted octanol–water partition coefficient (Wildman–Crippen LogP) is 2.96. The number of halogens is 2. The van der Waals surface area contributed by atoms with Gasteiger partial charge in [-0.3, -0.25) is 9.59 Å². The molecule has 128 valence electrons. The van der Waals surface area contributed by atoms with Crippen LogP contribution in [0.3, 0.4) is 0 Å². The van der Waals surface area contributed by atoms with Crippen LogP contribution in [0.5, 0.6) is 0 Å². The van der Waals surface area contributed by atoms with Crippen molar-refractivity contribution in [2.75, 3.05) is 16.4 Å². The summed E-state index contributed by atoms with van der Waals surface area (Å²) >= 11 is 1.07. The number of amides is 2. The first kappa shape index (κ1) is 17.9. The van der Waals surface area contributed by atoms with E-state index in [1.54, 1.807) is 19.9 Å². The molecule has 9 heteroatoms. The Balaban J connectivity index is 1.81. The van der Waals surface area contributed by atoms with E-state index >= 15 is 0 Å². The highest BCUT2D eigenvalue weighted by molar-refractivity contribution is 8.01. The van der Waals surface area contributed by atoms with Crippen molar-refractivity contribution < 1.29 is 22.9 Å². The van der Waals surface area contributed by atoms with Gasteiger partial charge in [-0.1, -0.05) is 5.16 Å². The van der Waals surface area contributed by atoms with Crippen LogP contribution in [0, 0.1) is 18.6 Å². The van der Waals surface area contributed by atoms with Crippen molar-refractivity contribution in [3.05, 3.63) is 41.7 Å². The summed E-state index contributed by atoms with van der Waals surface area (Å²) in [5, 5.41) is 7.98. The van der Waals surface area contributed by atoms with Crippen LogP contribution in [-0.4, -0.2) is 28.0 Å². The molecule has 6 nitrogen and oxygen atoms in total. The van der Waals surface area contributed by atoms with Crippen molar-refractivity contribution in [1.82, 2.24) is 5.16 Å². The zero-order valence-electron chi connectivity index (χ0n) is 12.9. The first-order valence-electron chi connectivity index (χ1n) is 6.96. The van der Waals surface area contributed by atoms with Gasteiger partial charge in [0.15, 0.2) is 5.82 Å². The first-order valence-corrected chi connectivity index (χ1v) is 8.00. The number of thioether (sulfide) groups is 1. The summed E-state index contributed by atoms with van der Waals surface area (Å²) in [6.07, 6.45) is 0. The lowest BCUT2D eigenvalue weighted by atomic mass is 10.3. The van der Waals surface area contributed by atoms with Crippen LogP contribution in [0.15, 0.2) is 28.8 Å². The number of nitrogens with zero attached hydrogens (tertiary/aromatic N) is 1. The minimum Gasteiger partial charge on any atom is -0.360 e. The van der Waals surface area contributed by atoms with Crippen molar-refractivity contribution >= 4 is 35.1 Å². The molecule has 0 aliphatic carbocycles. The number of anilines is 2. The average Bonchev–Trinajstić information content (AvgIpc) is 2.92. The third-order valence-corrected chi connectivity index (χ3v) is 4.06. The van der Waals surface area contributed by atoms with Crippen LogP contribution in [-0.2, 0) is 9.59 Å². The third-order valence-electron chi connectivity index (χ3n) is 2.92. The van der Waals surface area contributed by atoms with Gasteiger partial charge in [0.25, 0.3) is 0 Å². The van der Waals surface area contributed by atoms with Gasteiger partial charge in [-0.25, -0.2) is 8.78 Å². The Hall–Kier alpha value is -2.42. The molecule has 0 spiro atoms. The van der Waals surface area contributed by atoms with Crippen LogP contribution >= 0.6 is 11.8 Å². The quantitative estimate of drug-likeness (QED) is 0.832. The van der Waals surface area contributed by atoms with E-state index in [4.69, 9.17) is 4.52 Å². The molecule has 2 aromatic rings. The van der Waals surface area contributed by atoms with E-state index in [1.165, 1.54) is 0 Å². The Morgan fingerprint density at radius 3 is 2.67 bits per heavy atom. The molecule has 2 amide bonds. The molecule has 0 aliphatic rings. The molecule has 0 unspecified atom stereocenters. The Kier molecular flexibility index (Phi) is 5.91. The fourth-order valence-electron chi connectivity index (χ4n) is 1.71. The third kappa shape index (κ3) is 5.05. The molecule has 1 atom stereocenters. The molecule has 1 heterocycles. The fraction of sp³-hybridized carbons (Fsp3) is 0.267. The molecule has 0 saturated heterocycles. The number of rotatable bonds is 6. The summed E-state index contributed by atoms with van der Waals surface area (Å²) in [6.45, 7) is 3.32. The van der Waals surface area contributed by atoms with Crippen LogP contribution in [0.1, 0.15) is 12.7 Å². The number of carbonyl (C=O) groups excluding carboxylic acids is 2. The lowest BCUT2D eigenvalue weighted by molar-refractivity contribution is -0.115. The van der Waals surface area contributed by atoms with Gasteiger partial charge in [-0.15, -0.1) is 11.8 Å². The van der Waals surface area contributed by atoms with E-state index < -0.39 is 22.8 Å². The van der Waals surface area contributed by atoms with Crippen molar-refractivity contribution in [2.45, 2.75) is 19.1 Å². The minimum absolute atomic E-state index is 0.0662. The highest BCUT2D eigenvalue weighted by Gasteiger charge is 2.17. The summed E-state index contributed by atoms with van der Waals surface area (Å²) in [6, 6.07) is 4.43. The van der Waals surface area contributed by atoms with E-state index in [0.29, 0.717) is 17.6 Å². The van der Waals surface area contributed by atoms with E-state index in [1.807, 2.05) is 0 Å². The van der Waals surface area contributed by atoms with Crippen molar-refractivity contribution in [1.29, 1.82) is 0 Å². The topological polar surface area (TPSA) is 84.2 Å². The molecular weight excluding hydrogens is 340 g/mol. The highest BCUT2D eigenvalue weighted by Crippen LogP contribution is 2.17. The Bertz CT molecular complexity index is 751. The van der Waals surface area contributed by atoms with Crippen molar-refractivity contribution in [3.63, 3.8) is 0 Å². The Morgan fingerprint density at radius 1 is 1.29 bits per heavy atom. The molecule has 0 aliphatic heterocycles. The van der Waals surface area contributed by atoms with E-state index in [0.717, 1.165) is 23.9 Å². The number of hydrogen-bond acceptors (Lipinski definition) is 5. The lowest BCUT2D eigenvalue weighted by Crippen LogP contribution is -2.25. The zero-order chi connectivity index (χ0) is 17.7. The van der Waals surface area contributed by atoms with Crippen LogP contribution in [0.4, 0.5) is 20.3 Å². The van der Waals surface area contributed by atoms with Crippen LogP contribution in [0.2, 0.25) is 0 Å². The first-order chi connectivity index (χ1) is 11.3. The van der Waals surface area contributed by atoms with Crippen molar-refractivity contribution in [2.24, 2.45) is 0 Å². The SMILES string of the molecule is Cc1cc(NC(=O)[C@H](C)SCC(=O)Nc2ccc(F)cc2F)no1. The summed E-state index contributed by atoms with van der Waals surface area (Å²) in [7, 11) is 0. The maximum Gasteiger partial charge on any atom is 0.238 e. The number of hydrogen-bond donors (Lipinski definition) is 2. The Labute approximate surface area is 141 Å². The van der Waals surface area contributed by atoms with Gasteiger partial charge in [-0.05, 0) is 26.0 Å². The molecule has 0 fully saturated rings. The molecule has 1 aromatic heterocycles. The van der Waals surface area contributed by atoms with E-state index in [-0.39, 0.29) is 17.3 Å².